The number of nitriles is 1. The van der Waals surface area contributed by atoms with Crippen LogP contribution in [0.25, 0.3) is 22.5 Å². The number of hydrogen-bond donors (Lipinski definition) is 1. The zero-order chi connectivity index (χ0) is 22.8. The highest BCUT2D eigenvalue weighted by atomic mass is 16.6. The number of benzene rings is 2. The number of amides is 1. The molecule has 0 unspecified atom stereocenters. The van der Waals surface area contributed by atoms with Crippen LogP contribution in [0.3, 0.4) is 0 Å². The maximum Gasteiger partial charge on any atom is 0.433 e. The second-order valence-electron chi connectivity index (χ2n) is 7.20. The Hall–Kier alpha value is -4.64. The third kappa shape index (κ3) is 3.87. The van der Waals surface area contributed by atoms with Crippen molar-refractivity contribution < 1.29 is 18.6 Å². The number of aryl methyl sites for hydroxylation is 2. The minimum absolute atomic E-state index is 0.0669. The van der Waals surface area contributed by atoms with Crippen molar-refractivity contribution in [2.75, 3.05) is 5.32 Å². The molecule has 8 heteroatoms. The fourth-order valence-electron chi connectivity index (χ4n) is 3.24. The molecule has 0 aliphatic heterocycles. The Labute approximate surface area is 182 Å². The average molecular weight is 427 g/mol. The predicted octanol–water partition coefficient (Wildman–Crippen LogP) is 5.86. The maximum atomic E-state index is 12.6. The lowest BCUT2D eigenvalue weighted by Crippen LogP contribution is -2.11. The molecule has 32 heavy (non-hydrogen) atoms. The molecule has 4 rings (SSSR count). The van der Waals surface area contributed by atoms with Gasteiger partial charge >= 0.3 is 5.88 Å². The van der Waals surface area contributed by atoms with Gasteiger partial charge in [0.25, 0.3) is 5.91 Å². The number of nitro groups is 1. The van der Waals surface area contributed by atoms with E-state index >= 15 is 0 Å². The van der Waals surface area contributed by atoms with E-state index in [9.17, 15) is 20.2 Å². The van der Waals surface area contributed by atoms with Crippen LogP contribution in [0.1, 0.15) is 27.2 Å². The number of anilines is 1. The number of carbonyl (C=O) groups excluding carboxylic acids is 1. The molecule has 158 valence electrons. The van der Waals surface area contributed by atoms with Gasteiger partial charge in [-0.15, -0.1) is 0 Å². The van der Waals surface area contributed by atoms with Crippen LogP contribution in [0.5, 0.6) is 0 Å². The second-order valence-corrected chi connectivity index (χ2v) is 7.20. The van der Waals surface area contributed by atoms with Gasteiger partial charge in [-0.3, -0.25) is 20.2 Å². The minimum Gasteiger partial charge on any atom is -0.438 e. The monoisotopic (exact) mass is 427 g/mol. The number of nitrogens with zero attached hydrogens (tertiary/aromatic N) is 2. The van der Waals surface area contributed by atoms with Gasteiger partial charge in [0, 0.05) is 11.1 Å². The SMILES string of the molecule is Cc1ccc(-c2oc(NC(=O)c3ccc([N+](=O)[O-])o3)c(C#N)c2-c2ccc(C)cc2)cc1. The Morgan fingerprint density at radius 3 is 2.06 bits per heavy atom. The molecule has 0 bridgehead atoms. The van der Waals surface area contributed by atoms with Gasteiger partial charge in [0.05, 0.1) is 6.07 Å². The van der Waals surface area contributed by atoms with Crippen molar-refractivity contribution in [3.8, 4) is 28.5 Å². The van der Waals surface area contributed by atoms with Crippen molar-refractivity contribution in [1.29, 1.82) is 5.26 Å². The molecule has 0 aliphatic carbocycles. The van der Waals surface area contributed by atoms with Gasteiger partial charge in [0.2, 0.25) is 5.88 Å². The number of hydrogen-bond acceptors (Lipinski definition) is 6. The summed E-state index contributed by atoms with van der Waals surface area (Å²) in [5, 5.41) is 23.2. The van der Waals surface area contributed by atoms with Gasteiger partial charge in [0.15, 0.2) is 5.76 Å². The smallest absolute Gasteiger partial charge is 0.433 e. The van der Waals surface area contributed by atoms with Crippen LogP contribution < -0.4 is 5.32 Å². The van der Waals surface area contributed by atoms with Gasteiger partial charge in [-0.25, -0.2) is 0 Å². The molecule has 0 aliphatic rings. The predicted molar refractivity (Wildman–Crippen MR) is 117 cm³/mol. The topological polar surface area (TPSA) is 122 Å². The molecule has 0 fully saturated rings. The molecule has 4 aromatic rings. The maximum absolute atomic E-state index is 12.6. The molecular formula is C24H17N3O5. The number of rotatable bonds is 5. The van der Waals surface area contributed by atoms with Crippen LogP contribution in [0.2, 0.25) is 0 Å². The lowest BCUT2D eigenvalue weighted by atomic mass is 9.97. The molecule has 1 N–H and O–H groups in total. The summed E-state index contributed by atoms with van der Waals surface area (Å²) < 4.78 is 10.9. The van der Waals surface area contributed by atoms with Crippen molar-refractivity contribution in [3.05, 3.63) is 93.2 Å². The molecule has 8 nitrogen and oxygen atoms in total. The first-order valence-electron chi connectivity index (χ1n) is 9.64. The summed E-state index contributed by atoms with van der Waals surface area (Å²) in [6, 6.07) is 19.5. The third-order valence-electron chi connectivity index (χ3n) is 4.90. The number of nitrogens with one attached hydrogen (secondary N) is 1. The minimum atomic E-state index is -0.769. The zero-order valence-electron chi connectivity index (χ0n) is 17.2. The summed E-state index contributed by atoms with van der Waals surface area (Å²) in [5.74, 6) is -1.25. The lowest BCUT2D eigenvalue weighted by Gasteiger charge is -2.05. The average Bonchev–Trinajstić information content (AvgIpc) is 3.40. The largest absolute Gasteiger partial charge is 0.438 e. The normalized spacial score (nSPS) is 10.5. The molecule has 2 aromatic heterocycles. The molecule has 0 atom stereocenters. The summed E-state index contributed by atoms with van der Waals surface area (Å²) in [6.45, 7) is 3.92. The van der Waals surface area contributed by atoms with E-state index in [1.807, 2.05) is 62.4 Å². The number of furan rings is 2. The Morgan fingerprint density at radius 2 is 1.53 bits per heavy atom. The van der Waals surface area contributed by atoms with E-state index in [1.54, 1.807) is 0 Å². The standard InChI is InChI=1S/C24H17N3O5/c1-14-3-7-16(8-4-14)21-18(13-25)24(32-22(21)17-9-5-15(2)6-10-17)26-23(28)19-11-12-20(31-19)27(29)30/h3-12H,1-2H3,(H,26,28). The summed E-state index contributed by atoms with van der Waals surface area (Å²) in [6.07, 6.45) is 0. The van der Waals surface area contributed by atoms with Gasteiger partial charge in [0.1, 0.15) is 22.3 Å². The molecule has 1 amide bonds. The van der Waals surface area contributed by atoms with Crippen LogP contribution in [0.15, 0.2) is 69.5 Å². The van der Waals surface area contributed by atoms with E-state index in [0.717, 1.165) is 28.3 Å². The third-order valence-corrected chi connectivity index (χ3v) is 4.90. The molecule has 0 saturated carbocycles. The van der Waals surface area contributed by atoms with Crippen LogP contribution in [0, 0.1) is 35.3 Å². The van der Waals surface area contributed by atoms with Crippen molar-refractivity contribution >= 4 is 17.7 Å². The van der Waals surface area contributed by atoms with E-state index in [-0.39, 0.29) is 17.2 Å². The Bertz CT molecular complexity index is 1360. The fraction of sp³-hybridized carbons (Fsp3) is 0.0833. The number of carbonyl (C=O) groups is 1. The van der Waals surface area contributed by atoms with Crippen molar-refractivity contribution in [2.24, 2.45) is 0 Å². The first-order chi connectivity index (χ1) is 15.4. The highest BCUT2D eigenvalue weighted by Crippen LogP contribution is 2.41. The summed E-state index contributed by atoms with van der Waals surface area (Å²) in [5.41, 5.74) is 4.28. The summed E-state index contributed by atoms with van der Waals surface area (Å²) in [4.78, 5) is 22.7. The fourth-order valence-corrected chi connectivity index (χ4v) is 3.24. The van der Waals surface area contributed by atoms with Gasteiger partial charge in [-0.2, -0.15) is 5.26 Å². The van der Waals surface area contributed by atoms with E-state index in [4.69, 9.17) is 8.83 Å². The van der Waals surface area contributed by atoms with E-state index < -0.39 is 16.7 Å². The molecule has 0 radical (unpaired) electrons. The van der Waals surface area contributed by atoms with E-state index in [1.165, 1.54) is 6.07 Å². The van der Waals surface area contributed by atoms with Gasteiger partial charge in [-0.1, -0.05) is 59.7 Å². The van der Waals surface area contributed by atoms with Crippen molar-refractivity contribution in [2.45, 2.75) is 13.8 Å². The van der Waals surface area contributed by atoms with Gasteiger partial charge in [-0.05, 0) is 25.5 Å². The van der Waals surface area contributed by atoms with Crippen molar-refractivity contribution in [3.63, 3.8) is 0 Å². The first kappa shape index (κ1) is 20.6. The molecule has 2 aromatic carbocycles. The molecular weight excluding hydrogens is 410 g/mol. The molecule has 0 saturated heterocycles. The van der Waals surface area contributed by atoms with E-state index in [2.05, 4.69) is 11.4 Å². The first-order valence-corrected chi connectivity index (χ1v) is 9.64. The van der Waals surface area contributed by atoms with E-state index in [0.29, 0.717) is 11.3 Å². The lowest BCUT2D eigenvalue weighted by molar-refractivity contribution is -0.402. The highest BCUT2D eigenvalue weighted by Gasteiger charge is 2.26. The van der Waals surface area contributed by atoms with Crippen molar-refractivity contribution in [1.82, 2.24) is 0 Å². The summed E-state index contributed by atoms with van der Waals surface area (Å²) in [7, 11) is 0. The van der Waals surface area contributed by atoms with Crippen LogP contribution in [0.4, 0.5) is 11.8 Å². The van der Waals surface area contributed by atoms with Crippen LogP contribution in [-0.2, 0) is 0 Å². The van der Waals surface area contributed by atoms with Crippen LogP contribution >= 0.6 is 0 Å². The zero-order valence-corrected chi connectivity index (χ0v) is 17.2. The second kappa shape index (κ2) is 8.24. The quantitative estimate of drug-likeness (QED) is 0.315. The Balaban J connectivity index is 1.82. The van der Waals surface area contributed by atoms with Gasteiger partial charge < -0.3 is 8.83 Å². The van der Waals surface area contributed by atoms with Crippen LogP contribution in [-0.4, -0.2) is 10.8 Å². The summed E-state index contributed by atoms with van der Waals surface area (Å²) >= 11 is 0. The Kier molecular flexibility index (Phi) is 5.31. The highest BCUT2D eigenvalue weighted by molar-refractivity contribution is 6.03. The molecule has 2 heterocycles. The Morgan fingerprint density at radius 1 is 0.938 bits per heavy atom. The molecule has 0 spiro atoms.